The number of nitro benzene ring substituents is 1. The Morgan fingerprint density at radius 1 is 1.35 bits per heavy atom. The molecule has 11 heteroatoms. The van der Waals surface area contributed by atoms with E-state index in [0.717, 1.165) is 0 Å². The van der Waals surface area contributed by atoms with E-state index < -0.39 is 4.92 Å². The Bertz CT molecular complexity index is 808. The highest BCUT2D eigenvalue weighted by molar-refractivity contribution is 5.81. The molecule has 1 aromatic heterocycles. The molecule has 0 atom stereocenters. The van der Waals surface area contributed by atoms with Crippen molar-refractivity contribution in [3.63, 3.8) is 0 Å². The van der Waals surface area contributed by atoms with Gasteiger partial charge >= 0.3 is 6.01 Å². The summed E-state index contributed by atoms with van der Waals surface area (Å²) in [5.74, 6) is 0.674. The van der Waals surface area contributed by atoms with Gasteiger partial charge in [0.2, 0.25) is 5.95 Å². The first-order valence-corrected chi connectivity index (χ1v) is 7.82. The van der Waals surface area contributed by atoms with Gasteiger partial charge in [0.05, 0.1) is 31.5 Å². The van der Waals surface area contributed by atoms with Crippen molar-refractivity contribution >= 4 is 23.8 Å². The van der Waals surface area contributed by atoms with Crippen LogP contribution in [0.2, 0.25) is 0 Å². The minimum atomic E-state index is -0.462. The molecule has 3 rings (SSSR count). The molecule has 1 fully saturated rings. The number of morpholine rings is 1. The van der Waals surface area contributed by atoms with Gasteiger partial charge in [0.15, 0.2) is 0 Å². The van der Waals surface area contributed by atoms with Crippen LogP contribution < -0.4 is 15.1 Å². The van der Waals surface area contributed by atoms with Crippen LogP contribution in [-0.4, -0.2) is 59.5 Å². The summed E-state index contributed by atoms with van der Waals surface area (Å²) in [4.78, 5) is 24.9. The maximum Gasteiger partial charge on any atom is 0.322 e. The van der Waals surface area contributed by atoms with Gasteiger partial charge in [-0.25, -0.2) is 5.43 Å². The van der Waals surface area contributed by atoms with E-state index in [-0.39, 0.29) is 17.6 Å². The topological polar surface area (TPSA) is 128 Å². The molecule has 1 aliphatic rings. The Balaban J connectivity index is 1.74. The van der Waals surface area contributed by atoms with E-state index in [0.29, 0.717) is 37.8 Å². The number of aromatic nitrogens is 3. The number of ether oxygens (including phenoxy) is 2. The summed E-state index contributed by atoms with van der Waals surface area (Å²) in [5.41, 5.74) is 3.26. The summed E-state index contributed by atoms with van der Waals surface area (Å²) in [6, 6.07) is 6.27. The van der Waals surface area contributed by atoms with Crippen molar-refractivity contribution in [1.82, 2.24) is 15.0 Å². The molecule has 0 saturated carbocycles. The van der Waals surface area contributed by atoms with Gasteiger partial charge in [0.25, 0.3) is 11.6 Å². The lowest BCUT2D eigenvalue weighted by Gasteiger charge is -2.26. The van der Waals surface area contributed by atoms with Crippen molar-refractivity contribution in [3.8, 4) is 6.01 Å². The lowest BCUT2D eigenvalue weighted by Crippen LogP contribution is -2.37. The second-order valence-electron chi connectivity index (χ2n) is 5.27. The first kappa shape index (κ1) is 17.5. The molecular formula is C15H17N7O4. The van der Waals surface area contributed by atoms with E-state index in [1.165, 1.54) is 25.5 Å². The molecule has 2 heterocycles. The van der Waals surface area contributed by atoms with Crippen LogP contribution in [-0.2, 0) is 4.74 Å². The van der Waals surface area contributed by atoms with Crippen LogP contribution in [0.3, 0.4) is 0 Å². The SMILES string of the molecule is COc1nc(NN=Cc2cccc([N+](=O)[O-])c2)nc(N2CCOCC2)n1. The molecule has 0 amide bonds. The van der Waals surface area contributed by atoms with E-state index in [9.17, 15) is 10.1 Å². The van der Waals surface area contributed by atoms with Gasteiger partial charge < -0.3 is 14.4 Å². The molecule has 1 saturated heterocycles. The van der Waals surface area contributed by atoms with E-state index in [2.05, 4.69) is 25.5 Å². The average Bonchev–Trinajstić information content (AvgIpc) is 2.68. The number of nitro groups is 1. The lowest BCUT2D eigenvalue weighted by molar-refractivity contribution is -0.384. The Morgan fingerprint density at radius 2 is 2.15 bits per heavy atom. The van der Waals surface area contributed by atoms with Crippen LogP contribution in [0, 0.1) is 10.1 Å². The Labute approximate surface area is 148 Å². The van der Waals surface area contributed by atoms with E-state index in [1.807, 2.05) is 4.90 Å². The zero-order valence-electron chi connectivity index (χ0n) is 14.0. The molecule has 1 aliphatic heterocycles. The summed E-state index contributed by atoms with van der Waals surface area (Å²) in [6.07, 6.45) is 1.44. The number of rotatable bonds is 6. The summed E-state index contributed by atoms with van der Waals surface area (Å²) in [5, 5.41) is 14.8. The largest absolute Gasteiger partial charge is 0.467 e. The third-order valence-electron chi connectivity index (χ3n) is 3.54. The van der Waals surface area contributed by atoms with Gasteiger partial charge in [-0.15, -0.1) is 0 Å². The summed E-state index contributed by atoms with van der Waals surface area (Å²) >= 11 is 0. The van der Waals surface area contributed by atoms with Crippen LogP contribution in [0.15, 0.2) is 29.4 Å². The minimum absolute atomic E-state index is 0.00890. The molecule has 11 nitrogen and oxygen atoms in total. The monoisotopic (exact) mass is 359 g/mol. The van der Waals surface area contributed by atoms with E-state index in [4.69, 9.17) is 9.47 Å². The van der Waals surface area contributed by atoms with Crippen LogP contribution in [0.25, 0.3) is 0 Å². The van der Waals surface area contributed by atoms with E-state index >= 15 is 0 Å². The standard InChI is InChI=1S/C15H17N7O4/c1-25-15-18-13(17-14(19-15)21-5-7-26-8-6-21)20-16-10-11-3-2-4-12(9-11)22(23)24/h2-4,9-10H,5-8H2,1H3,(H,17,18,19,20). The molecule has 0 aliphatic carbocycles. The Kier molecular flexibility index (Phi) is 5.49. The van der Waals surface area contributed by atoms with Crippen LogP contribution >= 0.6 is 0 Å². The fourth-order valence-electron chi connectivity index (χ4n) is 2.28. The fraction of sp³-hybridized carbons (Fsp3) is 0.333. The highest BCUT2D eigenvalue weighted by Gasteiger charge is 2.16. The predicted molar refractivity (Wildman–Crippen MR) is 93.7 cm³/mol. The van der Waals surface area contributed by atoms with Gasteiger partial charge in [0, 0.05) is 30.8 Å². The smallest absolute Gasteiger partial charge is 0.322 e. The highest BCUT2D eigenvalue weighted by atomic mass is 16.6. The Morgan fingerprint density at radius 3 is 2.88 bits per heavy atom. The summed E-state index contributed by atoms with van der Waals surface area (Å²) < 4.78 is 10.4. The molecule has 136 valence electrons. The molecule has 1 N–H and O–H groups in total. The van der Waals surface area contributed by atoms with Crippen molar-refractivity contribution in [1.29, 1.82) is 0 Å². The number of hydrazone groups is 1. The average molecular weight is 359 g/mol. The number of anilines is 2. The minimum Gasteiger partial charge on any atom is -0.467 e. The number of benzene rings is 1. The van der Waals surface area contributed by atoms with Crippen LogP contribution in [0.5, 0.6) is 6.01 Å². The molecule has 26 heavy (non-hydrogen) atoms. The van der Waals surface area contributed by atoms with Crippen LogP contribution in [0.4, 0.5) is 17.6 Å². The first-order valence-electron chi connectivity index (χ1n) is 7.82. The number of hydrogen-bond acceptors (Lipinski definition) is 10. The second kappa shape index (κ2) is 8.16. The maximum absolute atomic E-state index is 10.8. The molecule has 1 aromatic carbocycles. The van der Waals surface area contributed by atoms with Crippen molar-refractivity contribution in [2.24, 2.45) is 5.10 Å². The third kappa shape index (κ3) is 4.39. The van der Waals surface area contributed by atoms with Gasteiger partial charge in [-0.3, -0.25) is 10.1 Å². The van der Waals surface area contributed by atoms with Crippen molar-refractivity contribution in [2.75, 3.05) is 43.7 Å². The fourth-order valence-corrected chi connectivity index (χ4v) is 2.28. The number of nitrogens with one attached hydrogen (secondary N) is 1. The summed E-state index contributed by atoms with van der Waals surface area (Å²) in [7, 11) is 1.47. The highest BCUT2D eigenvalue weighted by Crippen LogP contribution is 2.16. The van der Waals surface area contributed by atoms with E-state index in [1.54, 1.807) is 12.1 Å². The predicted octanol–water partition coefficient (Wildman–Crippen LogP) is 1.07. The zero-order chi connectivity index (χ0) is 18.4. The van der Waals surface area contributed by atoms with Crippen molar-refractivity contribution < 1.29 is 14.4 Å². The zero-order valence-corrected chi connectivity index (χ0v) is 14.0. The van der Waals surface area contributed by atoms with Crippen molar-refractivity contribution in [2.45, 2.75) is 0 Å². The van der Waals surface area contributed by atoms with Gasteiger partial charge in [-0.2, -0.15) is 20.1 Å². The second-order valence-corrected chi connectivity index (χ2v) is 5.27. The molecular weight excluding hydrogens is 342 g/mol. The van der Waals surface area contributed by atoms with Gasteiger partial charge in [-0.1, -0.05) is 12.1 Å². The molecule has 0 unspecified atom stereocenters. The third-order valence-corrected chi connectivity index (χ3v) is 3.54. The number of hydrogen-bond donors (Lipinski definition) is 1. The number of non-ortho nitro benzene ring substituents is 1. The Hall–Kier alpha value is -3.34. The summed E-state index contributed by atoms with van der Waals surface area (Å²) in [6.45, 7) is 2.54. The molecule has 0 radical (unpaired) electrons. The number of nitrogens with zero attached hydrogens (tertiary/aromatic N) is 6. The maximum atomic E-state index is 10.8. The van der Waals surface area contributed by atoms with Gasteiger partial charge in [-0.05, 0) is 0 Å². The lowest BCUT2D eigenvalue weighted by atomic mass is 10.2. The van der Waals surface area contributed by atoms with Gasteiger partial charge in [0.1, 0.15) is 0 Å². The number of methoxy groups -OCH3 is 1. The van der Waals surface area contributed by atoms with Crippen LogP contribution in [0.1, 0.15) is 5.56 Å². The molecule has 0 spiro atoms. The first-order chi connectivity index (χ1) is 12.7. The quantitative estimate of drug-likeness (QED) is 0.457. The molecule has 2 aromatic rings. The normalized spacial score (nSPS) is 14.4. The van der Waals surface area contributed by atoms with Crippen molar-refractivity contribution in [3.05, 3.63) is 39.9 Å². The molecule has 0 bridgehead atoms.